The maximum Gasteiger partial charge on any atom is 0.0109 e. The van der Waals surface area contributed by atoms with E-state index in [1.54, 1.807) is 0 Å². The van der Waals surface area contributed by atoms with Crippen LogP contribution in [0.2, 0.25) is 0 Å². The second kappa shape index (κ2) is 7.21. The molecule has 22 heavy (non-hydrogen) atoms. The standard InChI is InChI=1S/C20H40N2/c1-19(2,3)17-7-11-21(12-8-17)15-16-22-13-9-18(10-14-22)20(4,5)6/h17-18H,7-16H2,1-6H3. The van der Waals surface area contributed by atoms with Gasteiger partial charge in [0.1, 0.15) is 0 Å². The number of likely N-dealkylation sites (tertiary alicyclic amines) is 2. The first kappa shape index (κ1) is 18.3. The van der Waals surface area contributed by atoms with Crippen LogP contribution in [0.4, 0.5) is 0 Å². The lowest BCUT2D eigenvalue weighted by Gasteiger charge is -2.41. The summed E-state index contributed by atoms with van der Waals surface area (Å²) in [6.07, 6.45) is 5.59. The second-order valence-corrected chi connectivity index (χ2v) is 9.96. The molecule has 0 aliphatic carbocycles. The van der Waals surface area contributed by atoms with Gasteiger partial charge in [0.05, 0.1) is 0 Å². The van der Waals surface area contributed by atoms with Crippen molar-refractivity contribution in [3.63, 3.8) is 0 Å². The zero-order valence-electron chi connectivity index (χ0n) is 16.1. The van der Waals surface area contributed by atoms with E-state index in [0.29, 0.717) is 10.8 Å². The van der Waals surface area contributed by atoms with Gasteiger partial charge in [-0.05, 0) is 74.5 Å². The largest absolute Gasteiger partial charge is 0.302 e. The van der Waals surface area contributed by atoms with Crippen molar-refractivity contribution >= 4 is 0 Å². The van der Waals surface area contributed by atoms with Gasteiger partial charge < -0.3 is 9.80 Å². The Morgan fingerprint density at radius 3 is 1.09 bits per heavy atom. The molecule has 0 saturated carbocycles. The number of hydrogen-bond acceptors (Lipinski definition) is 2. The van der Waals surface area contributed by atoms with Crippen molar-refractivity contribution < 1.29 is 0 Å². The van der Waals surface area contributed by atoms with Gasteiger partial charge in [-0.1, -0.05) is 41.5 Å². The topological polar surface area (TPSA) is 6.48 Å². The summed E-state index contributed by atoms with van der Waals surface area (Å²) in [5, 5.41) is 0. The van der Waals surface area contributed by atoms with Gasteiger partial charge in [0, 0.05) is 13.1 Å². The first-order valence-corrected chi connectivity index (χ1v) is 9.61. The van der Waals surface area contributed by atoms with Gasteiger partial charge in [-0.25, -0.2) is 0 Å². The van der Waals surface area contributed by atoms with E-state index in [2.05, 4.69) is 51.3 Å². The van der Waals surface area contributed by atoms with Crippen LogP contribution < -0.4 is 0 Å². The third kappa shape index (κ3) is 5.23. The monoisotopic (exact) mass is 308 g/mol. The van der Waals surface area contributed by atoms with Crippen molar-refractivity contribution in [2.75, 3.05) is 39.3 Å². The van der Waals surface area contributed by atoms with Gasteiger partial charge >= 0.3 is 0 Å². The van der Waals surface area contributed by atoms with Crippen LogP contribution >= 0.6 is 0 Å². The molecule has 0 unspecified atom stereocenters. The molecule has 2 rings (SSSR count). The minimum absolute atomic E-state index is 0.501. The molecule has 2 fully saturated rings. The first-order valence-electron chi connectivity index (χ1n) is 9.61. The average molecular weight is 309 g/mol. The Bertz CT molecular complexity index is 287. The second-order valence-electron chi connectivity index (χ2n) is 9.96. The molecule has 0 radical (unpaired) electrons. The molecule has 0 amide bonds. The van der Waals surface area contributed by atoms with Crippen LogP contribution in [0, 0.1) is 22.7 Å². The van der Waals surface area contributed by atoms with E-state index in [9.17, 15) is 0 Å². The van der Waals surface area contributed by atoms with E-state index in [0.717, 1.165) is 11.8 Å². The normalized spacial score (nSPS) is 24.8. The molecule has 2 heterocycles. The van der Waals surface area contributed by atoms with Crippen LogP contribution in [-0.4, -0.2) is 49.1 Å². The van der Waals surface area contributed by atoms with Gasteiger partial charge in [0.15, 0.2) is 0 Å². The summed E-state index contributed by atoms with van der Waals surface area (Å²) in [5.41, 5.74) is 1.00. The first-order chi connectivity index (χ1) is 10.2. The maximum atomic E-state index is 2.71. The molecule has 0 aromatic carbocycles. The molecule has 2 aliphatic heterocycles. The van der Waals surface area contributed by atoms with Crippen molar-refractivity contribution in [1.82, 2.24) is 9.80 Å². The summed E-state index contributed by atoms with van der Waals surface area (Å²) >= 11 is 0. The summed E-state index contributed by atoms with van der Waals surface area (Å²) in [6.45, 7) is 22.3. The third-order valence-electron chi connectivity index (χ3n) is 6.36. The van der Waals surface area contributed by atoms with Gasteiger partial charge in [0.2, 0.25) is 0 Å². The Labute approximate surface area is 139 Å². The lowest BCUT2D eigenvalue weighted by Crippen LogP contribution is -2.44. The van der Waals surface area contributed by atoms with Crippen LogP contribution in [0.1, 0.15) is 67.2 Å². The van der Waals surface area contributed by atoms with E-state index in [-0.39, 0.29) is 0 Å². The van der Waals surface area contributed by atoms with E-state index < -0.39 is 0 Å². The fourth-order valence-electron chi connectivity index (χ4n) is 4.33. The van der Waals surface area contributed by atoms with E-state index >= 15 is 0 Å². The van der Waals surface area contributed by atoms with Crippen molar-refractivity contribution in [3.8, 4) is 0 Å². The van der Waals surface area contributed by atoms with E-state index in [4.69, 9.17) is 0 Å². The highest BCUT2D eigenvalue weighted by Crippen LogP contribution is 2.35. The SMILES string of the molecule is CC(C)(C)C1CCN(CCN2CCC(C(C)(C)C)CC2)CC1. The Morgan fingerprint density at radius 2 is 0.864 bits per heavy atom. The molecule has 0 spiro atoms. The highest BCUT2D eigenvalue weighted by molar-refractivity contribution is 4.83. The predicted octanol–water partition coefficient (Wildman–Crippen LogP) is 4.50. The maximum absolute atomic E-state index is 2.71. The fraction of sp³-hybridized carbons (Fsp3) is 1.00. The summed E-state index contributed by atoms with van der Waals surface area (Å²) in [7, 11) is 0. The predicted molar refractivity (Wildman–Crippen MR) is 97.2 cm³/mol. The van der Waals surface area contributed by atoms with Crippen LogP contribution in [0.25, 0.3) is 0 Å². The molecular formula is C20H40N2. The number of nitrogens with zero attached hydrogens (tertiary/aromatic N) is 2. The molecule has 0 N–H and O–H groups in total. The van der Waals surface area contributed by atoms with Crippen LogP contribution in [0.5, 0.6) is 0 Å². The smallest absolute Gasteiger partial charge is 0.0109 e. The summed E-state index contributed by atoms with van der Waals surface area (Å²) in [6, 6.07) is 0. The molecule has 130 valence electrons. The Morgan fingerprint density at radius 1 is 0.591 bits per heavy atom. The molecule has 0 atom stereocenters. The molecule has 0 aromatic heterocycles. The van der Waals surface area contributed by atoms with Crippen molar-refractivity contribution in [2.24, 2.45) is 22.7 Å². The zero-order valence-corrected chi connectivity index (χ0v) is 16.1. The van der Waals surface area contributed by atoms with Crippen molar-refractivity contribution in [1.29, 1.82) is 0 Å². The van der Waals surface area contributed by atoms with E-state index in [1.165, 1.54) is 65.0 Å². The average Bonchev–Trinajstić information content (AvgIpc) is 2.44. The van der Waals surface area contributed by atoms with Crippen LogP contribution in [0.3, 0.4) is 0 Å². The van der Waals surface area contributed by atoms with Gasteiger partial charge in [-0.15, -0.1) is 0 Å². The number of hydrogen-bond donors (Lipinski definition) is 0. The minimum atomic E-state index is 0.501. The third-order valence-corrected chi connectivity index (χ3v) is 6.36. The Hall–Kier alpha value is -0.0800. The molecule has 2 heteroatoms. The van der Waals surface area contributed by atoms with Gasteiger partial charge in [-0.3, -0.25) is 0 Å². The van der Waals surface area contributed by atoms with Gasteiger partial charge in [0.25, 0.3) is 0 Å². The molecule has 0 aromatic rings. The molecule has 2 aliphatic rings. The summed E-state index contributed by atoms with van der Waals surface area (Å²) in [4.78, 5) is 5.41. The lowest BCUT2D eigenvalue weighted by molar-refractivity contribution is 0.0809. The molecular weight excluding hydrogens is 268 g/mol. The molecule has 2 saturated heterocycles. The van der Waals surface area contributed by atoms with E-state index in [1.807, 2.05) is 0 Å². The number of piperidine rings is 2. The Balaban J connectivity index is 1.64. The Kier molecular flexibility index (Phi) is 5.99. The fourth-order valence-corrected chi connectivity index (χ4v) is 4.33. The van der Waals surface area contributed by atoms with Gasteiger partial charge in [-0.2, -0.15) is 0 Å². The van der Waals surface area contributed by atoms with Crippen LogP contribution in [0.15, 0.2) is 0 Å². The molecule has 0 bridgehead atoms. The summed E-state index contributed by atoms with van der Waals surface area (Å²) < 4.78 is 0. The molecule has 2 nitrogen and oxygen atoms in total. The highest BCUT2D eigenvalue weighted by Gasteiger charge is 2.30. The lowest BCUT2D eigenvalue weighted by atomic mass is 9.75. The van der Waals surface area contributed by atoms with Crippen molar-refractivity contribution in [2.45, 2.75) is 67.2 Å². The highest BCUT2D eigenvalue weighted by atomic mass is 15.2. The summed E-state index contributed by atoms with van der Waals surface area (Å²) in [5.74, 6) is 1.84. The zero-order chi connectivity index (χ0) is 16.4. The van der Waals surface area contributed by atoms with Crippen LogP contribution in [-0.2, 0) is 0 Å². The minimum Gasteiger partial charge on any atom is -0.302 e. The number of rotatable bonds is 3. The van der Waals surface area contributed by atoms with Crippen molar-refractivity contribution in [3.05, 3.63) is 0 Å². The quantitative estimate of drug-likeness (QED) is 0.757.